The van der Waals surface area contributed by atoms with Gasteiger partial charge in [-0.05, 0) is 62.0 Å². The van der Waals surface area contributed by atoms with E-state index in [0.717, 1.165) is 25.9 Å². The molecule has 0 aliphatic heterocycles. The minimum atomic E-state index is 1.05. The van der Waals surface area contributed by atoms with E-state index in [1.807, 2.05) is 0 Å². The van der Waals surface area contributed by atoms with Gasteiger partial charge >= 0.3 is 0 Å². The van der Waals surface area contributed by atoms with Crippen LogP contribution < -0.4 is 5.32 Å². The van der Waals surface area contributed by atoms with Crippen LogP contribution in [0.2, 0.25) is 0 Å². The third-order valence-electron chi connectivity index (χ3n) is 3.60. The summed E-state index contributed by atoms with van der Waals surface area (Å²) in [6.45, 7) is 6.45. The lowest BCUT2D eigenvalue weighted by Crippen LogP contribution is -2.20. The van der Waals surface area contributed by atoms with Gasteiger partial charge in [-0.15, -0.1) is 0 Å². The zero-order valence-electron chi connectivity index (χ0n) is 11.9. The molecule has 1 heteroatoms. The van der Waals surface area contributed by atoms with Crippen molar-refractivity contribution in [2.75, 3.05) is 13.1 Å². The van der Waals surface area contributed by atoms with E-state index < -0.39 is 0 Å². The van der Waals surface area contributed by atoms with Crippen LogP contribution in [0.3, 0.4) is 0 Å². The van der Waals surface area contributed by atoms with Crippen molar-refractivity contribution in [2.24, 2.45) is 0 Å². The van der Waals surface area contributed by atoms with Gasteiger partial charge in [-0.3, -0.25) is 0 Å². The average Bonchev–Trinajstić information content (AvgIpc) is 2.43. The maximum atomic E-state index is 3.52. The van der Waals surface area contributed by atoms with Crippen LogP contribution in [0.15, 0.2) is 48.5 Å². The van der Waals surface area contributed by atoms with Crippen molar-refractivity contribution in [1.82, 2.24) is 5.32 Å². The fourth-order valence-electron chi connectivity index (χ4n) is 2.19. The van der Waals surface area contributed by atoms with Gasteiger partial charge in [0, 0.05) is 0 Å². The van der Waals surface area contributed by atoms with Crippen LogP contribution in [0.1, 0.15) is 22.3 Å². The highest BCUT2D eigenvalue weighted by Crippen LogP contribution is 2.09. The number of nitrogens with one attached hydrogen (secondary N) is 1. The Bertz CT molecular complexity index is 502. The highest BCUT2D eigenvalue weighted by Gasteiger charge is 1.97. The van der Waals surface area contributed by atoms with Crippen molar-refractivity contribution in [3.63, 3.8) is 0 Å². The molecule has 1 nitrogen and oxygen atoms in total. The van der Waals surface area contributed by atoms with E-state index in [1.165, 1.54) is 22.3 Å². The number of rotatable bonds is 6. The monoisotopic (exact) mass is 253 g/mol. The van der Waals surface area contributed by atoms with Crippen molar-refractivity contribution < 1.29 is 0 Å². The van der Waals surface area contributed by atoms with Crippen LogP contribution in [0.5, 0.6) is 0 Å². The number of aryl methyl sites for hydroxylation is 2. The zero-order chi connectivity index (χ0) is 13.5. The Hall–Kier alpha value is -1.60. The summed E-state index contributed by atoms with van der Waals surface area (Å²) in [5, 5.41) is 3.52. The molecular weight excluding hydrogens is 230 g/mol. The predicted molar refractivity (Wildman–Crippen MR) is 82.6 cm³/mol. The lowest BCUT2D eigenvalue weighted by atomic mass is 10.0. The standard InChI is InChI=1S/C18H23N/c1-15-8-9-18(14-16(15)2)11-13-19-12-10-17-6-4-3-5-7-17/h3-9,14,19H,10-13H2,1-2H3. The molecular formula is C18H23N. The van der Waals surface area contributed by atoms with Gasteiger partial charge in [0.05, 0.1) is 0 Å². The molecule has 0 aliphatic rings. The molecule has 0 radical (unpaired) electrons. The van der Waals surface area contributed by atoms with Crippen LogP contribution >= 0.6 is 0 Å². The van der Waals surface area contributed by atoms with Crippen molar-refractivity contribution >= 4 is 0 Å². The second-order valence-electron chi connectivity index (χ2n) is 5.15. The first-order valence-electron chi connectivity index (χ1n) is 7.06. The molecule has 0 heterocycles. The second-order valence-corrected chi connectivity index (χ2v) is 5.15. The summed E-state index contributed by atoms with van der Waals surface area (Å²) in [5.74, 6) is 0. The van der Waals surface area contributed by atoms with E-state index in [0.29, 0.717) is 0 Å². The molecule has 2 aromatic rings. The van der Waals surface area contributed by atoms with Crippen LogP contribution in [-0.2, 0) is 12.8 Å². The molecule has 0 atom stereocenters. The molecule has 0 aliphatic carbocycles. The minimum Gasteiger partial charge on any atom is -0.316 e. The largest absolute Gasteiger partial charge is 0.316 e. The fraction of sp³-hybridized carbons (Fsp3) is 0.333. The van der Waals surface area contributed by atoms with E-state index in [9.17, 15) is 0 Å². The van der Waals surface area contributed by atoms with Gasteiger partial charge in [-0.2, -0.15) is 0 Å². The first-order valence-corrected chi connectivity index (χ1v) is 7.06. The van der Waals surface area contributed by atoms with Crippen LogP contribution in [0, 0.1) is 13.8 Å². The lowest BCUT2D eigenvalue weighted by molar-refractivity contribution is 0.681. The van der Waals surface area contributed by atoms with Gasteiger partial charge in [0.1, 0.15) is 0 Å². The summed E-state index contributed by atoms with van der Waals surface area (Å²) in [6.07, 6.45) is 2.21. The number of benzene rings is 2. The molecule has 0 saturated heterocycles. The highest BCUT2D eigenvalue weighted by molar-refractivity contribution is 5.30. The molecule has 2 aromatic carbocycles. The first kappa shape index (κ1) is 13.8. The molecule has 0 aromatic heterocycles. The van der Waals surface area contributed by atoms with Gasteiger partial charge in [0.15, 0.2) is 0 Å². The van der Waals surface area contributed by atoms with Crippen molar-refractivity contribution in [1.29, 1.82) is 0 Å². The summed E-state index contributed by atoms with van der Waals surface area (Å²) >= 11 is 0. The molecule has 1 N–H and O–H groups in total. The molecule has 100 valence electrons. The zero-order valence-corrected chi connectivity index (χ0v) is 11.9. The Morgan fingerprint density at radius 1 is 0.737 bits per heavy atom. The van der Waals surface area contributed by atoms with E-state index in [-0.39, 0.29) is 0 Å². The maximum Gasteiger partial charge on any atom is -0.000822 e. The van der Waals surface area contributed by atoms with Crippen molar-refractivity contribution in [3.05, 3.63) is 70.8 Å². The highest BCUT2D eigenvalue weighted by atomic mass is 14.8. The predicted octanol–water partition coefficient (Wildman–Crippen LogP) is 3.68. The Balaban J connectivity index is 1.68. The third-order valence-corrected chi connectivity index (χ3v) is 3.60. The van der Waals surface area contributed by atoms with Gasteiger partial charge in [0.2, 0.25) is 0 Å². The molecule has 0 saturated carbocycles. The molecule has 0 spiro atoms. The van der Waals surface area contributed by atoms with Gasteiger partial charge in [-0.25, -0.2) is 0 Å². The lowest BCUT2D eigenvalue weighted by Gasteiger charge is -2.07. The second kappa shape index (κ2) is 7.10. The SMILES string of the molecule is Cc1ccc(CCNCCc2ccccc2)cc1C. The van der Waals surface area contributed by atoms with Gasteiger partial charge in [0.25, 0.3) is 0 Å². The Kier molecular flexibility index (Phi) is 5.17. The topological polar surface area (TPSA) is 12.0 Å². The maximum absolute atomic E-state index is 3.52. The quantitative estimate of drug-likeness (QED) is 0.774. The van der Waals surface area contributed by atoms with Crippen LogP contribution in [0.25, 0.3) is 0 Å². The summed E-state index contributed by atoms with van der Waals surface area (Å²) < 4.78 is 0. The summed E-state index contributed by atoms with van der Waals surface area (Å²) in [5.41, 5.74) is 5.60. The molecule has 19 heavy (non-hydrogen) atoms. The molecule has 0 fully saturated rings. The Morgan fingerprint density at radius 2 is 1.42 bits per heavy atom. The van der Waals surface area contributed by atoms with E-state index in [1.54, 1.807) is 0 Å². The fourth-order valence-corrected chi connectivity index (χ4v) is 2.19. The van der Waals surface area contributed by atoms with E-state index in [2.05, 4.69) is 67.7 Å². The van der Waals surface area contributed by atoms with Gasteiger partial charge < -0.3 is 5.32 Å². The average molecular weight is 253 g/mol. The minimum absolute atomic E-state index is 1.05. The van der Waals surface area contributed by atoms with Gasteiger partial charge in [-0.1, -0.05) is 48.5 Å². The molecule has 0 bridgehead atoms. The third kappa shape index (κ3) is 4.53. The van der Waals surface area contributed by atoms with Crippen molar-refractivity contribution in [2.45, 2.75) is 26.7 Å². The Labute approximate surface area is 116 Å². The van der Waals surface area contributed by atoms with E-state index in [4.69, 9.17) is 0 Å². The molecule has 2 rings (SSSR count). The van der Waals surface area contributed by atoms with Crippen LogP contribution in [0.4, 0.5) is 0 Å². The number of hydrogen-bond donors (Lipinski definition) is 1. The van der Waals surface area contributed by atoms with Crippen molar-refractivity contribution in [3.8, 4) is 0 Å². The van der Waals surface area contributed by atoms with E-state index >= 15 is 0 Å². The Morgan fingerprint density at radius 3 is 2.11 bits per heavy atom. The summed E-state index contributed by atoms with van der Waals surface area (Å²) in [6, 6.07) is 17.4. The normalized spacial score (nSPS) is 10.6. The molecule has 0 amide bonds. The molecule has 0 unspecified atom stereocenters. The summed E-state index contributed by atoms with van der Waals surface area (Å²) in [4.78, 5) is 0. The smallest absolute Gasteiger partial charge is 0.000822 e. The summed E-state index contributed by atoms with van der Waals surface area (Å²) in [7, 11) is 0. The number of hydrogen-bond acceptors (Lipinski definition) is 1. The first-order chi connectivity index (χ1) is 9.25. The van der Waals surface area contributed by atoms with Crippen LogP contribution in [-0.4, -0.2) is 13.1 Å².